The van der Waals surface area contributed by atoms with Crippen molar-refractivity contribution >= 4 is 45.9 Å². The van der Waals surface area contributed by atoms with Crippen LogP contribution in [0.2, 0.25) is 0 Å². The van der Waals surface area contributed by atoms with E-state index in [9.17, 15) is 14.4 Å². The summed E-state index contributed by atoms with van der Waals surface area (Å²) in [7, 11) is 0. The van der Waals surface area contributed by atoms with Crippen LogP contribution in [0, 0.1) is 0 Å². The molecule has 1 aliphatic rings. The second-order valence-corrected chi connectivity index (χ2v) is 8.30. The van der Waals surface area contributed by atoms with Crippen LogP contribution in [0.4, 0.5) is 5.00 Å². The van der Waals surface area contributed by atoms with E-state index in [-0.39, 0.29) is 5.75 Å². The summed E-state index contributed by atoms with van der Waals surface area (Å²) in [6.07, 6.45) is 1.70. The zero-order valence-corrected chi connectivity index (χ0v) is 16.5. The third kappa shape index (κ3) is 4.70. The van der Waals surface area contributed by atoms with Crippen molar-refractivity contribution in [1.82, 2.24) is 0 Å². The average molecular weight is 405 g/mol. The molecule has 1 heterocycles. The van der Waals surface area contributed by atoms with Crippen molar-refractivity contribution in [3.05, 3.63) is 46.3 Å². The Kier molecular flexibility index (Phi) is 6.18. The molecule has 0 aliphatic heterocycles. The summed E-state index contributed by atoms with van der Waals surface area (Å²) in [6.45, 7) is 1.51. The first kappa shape index (κ1) is 19.4. The quantitative estimate of drug-likeness (QED) is 0.546. The van der Waals surface area contributed by atoms with Crippen molar-refractivity contribution in [1.29, 1.82) is 0 Å². The fraction of sp³-hybridized carbons (Fsp3) is 0.316. The Balaban J connectivity index is 1.56. The molecule has 6 nitrogen and oxygen atoms in total. The van der Waals surface area contributed by atoms with Crippen molar-refractivity contribution in [3.63, 3.8) is 0 Å². The number of carbonyl (C=O) groups is 3. The smallest absolute Gasteiger partial charge is 0.317 e. The number of anilines is 1. The van der Waals surface area contributed by atoms with Crippen LogP contribution in [0.3, 0.4) is 0 Å². The van der Waals surface area contributed by atoms with Gasteiger partial charge in [0.1, 0.15) is 5.00 Å². The van der Waals surface area contributed by atoms with Crippen LogP contribution in [-0.2, 0) is 27.2 Å². The first-order valence-electron chi connectivity index (χ1n) is 8.58. The lowest BCUT2D eigenvalue weighted by Crippen LogP contribution is -2.31. The molecule has 0 saturated heterocycles. The molecule has 27 heavy (non-hydrogen) atoms. The Labute approximate surface area is 165 Å². The maximum absolute atomic E-state index is 12.4. The molecule has 1 atom stereocenters. The van der Waals surface area contributed by atoms with Crippen LogP contribution in [0.15, 0.2) is 35.2 Å². The second-order valence-electron chi connectivity index (χ2n) is 6.15. The van der Waals surface area contributed by atoms with Crippen LogP contribution in [0.1, 0.15) is 34.1 Å². The van der Waals surface area contributed by atoms with Crippen molar-refractivity contribution in [3.8, 4) is 0 Å². The number of fused-ring (bicyclic) bond motifs is 1. The largest absolute Gasteiger partial charge is 0.452 e. The lowest BCUT2D eigenvalue weighted by Gasteiger charge is -2.13. The molecule has 0 unspecified atom stereocenters. The normalized spacial score (nSPS) is 13.7. The van der Waals surface area contributed by atoms with Crippen LogP contribution in [0.25, 0.3) is 0 Å². The Hall–Kier alpha value is -2.32. The lowest BCUT2D eigenvalue weighted by molar-refractivity contribution is -0.150. The third-order valence-electron chi connectivity index (χ3n) is 4.18. The molecule has 0 fully saturated rings. The lowest BCUT2D eigenvalue weighted by atomic mass is 10.1. The monoisotopic (exact) mass is 404 g/mol. The summed E-state index contributed by atoms with van der Waals surface area (Å²) >= 11 is 2.71. The number of nitrogens with two attached hydrogens (primary N) is 1. The van der Waals surface area contributed by atoms with Gasteiger partial charge >= 0.3 is 5.97 Å². The zero-order valence-electron chi connectivity index (χ0n) is 14.8. The second kappa shape index (κ2) is 8.58. The van der Waals surface area contributed by atoms with Crippen LogP contribution in [-0.4, -0.2) is 29.6 Å². The molecule has 0 bridgehead atoms. The minimum Gasteiger partial charge on any atom is -0.452 e. The summed E-state index contributed by atoms with van der Waals surface area (Å²) in [6, 6.07) is 9.47. The molecular weight excluding hydrogens is 384 g/mol. The number of primary amides is 1. The number of carbonyl (C=O) groups excluding carboxylic acids is 3. The fourth-order valence-electron chi connectivity index (χ4n) is 2.91. The molecule has 1 aliphatic carbocycles. The van der Waals surface area contributed by atoms with Crippen LogP contribution in [0.5, 0.6) is 0 Å². The third-order valence-corrected chi connectivity index (χ3v) is 6.37. The minimum absolute atomic E-state index is 0.113. The predicted octanol–water partition coefficient (Wildman–Crippen LogP) is 3.00. The van der Waals surface area contributed by atoms with Gasteiger partial charge in [0.05, 0.1) is 11.3 Å². The van der Waals surface area contributed by atoms with Gasteiger partial charge in [0.25, 0.3) is 11.8 Å². The van der Waals surface area contributed by atoms with E-state index in [0.29, 0.717) is 10.6 Å². The molecule has 0 radical (unpaired) electrons. The topological polar surface area (TPSA) is 98.5 Å². The highest BCUT2D eigenvalue weighted by molar-refractivity contribution is 8.00. The zero-order chi connectivity index (χ0) is 19.4. The summed E-state index contributed by atoms with van der Waals surface area (Å²) in [5.74, 6) is -1.39. The van der Waals surface area contributed by atoms with E-state index in [1.807, 2.05) is 30.3 Å². The van der Waals surface area contributed by atoms with Crippen LogP contribution >= 0.6 is 23.1 Å². The van der Waals surface area contributed by atoms with Crippen molar-refractivity contribution in [2.45, 2.75) is 37.2 Å². The highest BCUT2D eigenvalue weighted by Gasteiger charge is 2.27. The summed E-state index contributed by atoms with van der Waals surface area (Å²) in [5.41, 5.74) is 6.81. The molecule has 2 amide bonds. The molecule has 8 heteroatoms. The summed E-state index contributed by atoms with van der Waals surface area (Å²) < 4.78 is 5.20. The van der Waals surface area contributed by atoms with E-state index in [0.717, 1.165) is 34.6 Å². The molecule has 1 aromatic heterocycles. The van der Waals surface area contributed by atoms with Gasteiger partial charge in [-0.15, -0.1) is 23.1 Å². The number of hydrogen-bond acceptors (Lipinski definition) is 6. The average Bonchev–Trinajstić information content (AvgIpc) is 3.21. The maximum atomic E-state index is 12.4. The Bertz CT molecular complexity index is 864. The van der Waals surface area contributed by atoms with Crippen molar-refractivity contribution in [2.24, 2.45) is 5.73 Å². The van der Waals surface area contributed by atoms with Gasteiger partial charge in [0.15, 0.2) is 6.10 Å². The van der Waals surface area contributed by atoms with E-state index < -0.39 is 23.9 Å². The van der Waals surface area contributed by atoms with E-state index in [1.165, 1.54) is 30.0 Å². The number of esters is 1. The fourth-order valence-corrected chi connectivity index (χ4v) is 4.91. The van der Waals surface area contributed by atoms with Gasteiger partial charge in [0.2, 0.25) is 0 Å². The standard InChI is InChI=1S/C19H20N2O4S2/c1-11(25-15(22)10-26-12-6-3-2-4-7-12)18(24)21-19-16(17(20)23)13-8-5-9-14(13)27-19/h2-4,6-7,11H,5,8-10H2,1H3,(H2,20,23)(H,21,24)/t11-/m1/s1. The van der Waals surface area contributed by atoms with Gasteiger partial charge in [-0.2, -0.15) is 0 Å². The highest BCUT2D eigenvalue weighted by Crippen LogP contribution is 2.38. The molecule has 0 spiro atoms. The van der Waals surface area contributed by atoms with E-state index in [2.05, 4.69) is 5.32 Å². The first-order valence-corrected chi connectivity index (χ1v) is 10.4. The number of rotatable bonds is 7. The summed E-state index contributed by atoms with van der Waals surface area (Å²) in [5, 5.41) is 3.14. The predicted molar refractivity (Wildman–Crippen MR) is 106 cm³/mol. The van der Waals surface area contributed by atoms with E-state index in [4.69, 9.17) is 10.5 Å². The van der Waals surface area contributed by atoms with E-state index >= 15 is 0 Å². The number of thiophene rings is 1. The van der Waals surface area contributed by atoms with Gasteiger partial charge < -0.3 is 15.8 Å². The van der Waals surface area contributed by atoms with Crippen molar-refractivity contribution < 1.29 is 19.1 Å². The minimum atomic E-state index is -0.966. The maximum Gasteiger partial charge on any atom is 0.317 e. The van der Waals surface area contributed by atoms with Gasteiger partial charge in [-0.1, -0.05) is 18.2 Å². The molecule has 3 rings (SSSR count). The van der Waals surface area contributed by atoms with Gasteiger partial charge in [-0.3, -0.25) is 14.4 Å². The number of aryl methyl sites for hydroxylation is 1. The molecule has 1 aromatic carbocycles. The SMILES string of the molecule is C[C@@H](OC(=O)CSc1ccccc1)C(=O)Nc1sc2c(c1C(N)=O)CCC2. The van der Waals surface area contributed by atoms with E-state index in [1.54, 1.807) is 0 Å². The number of thioether (sulfide) groups is 1. The van der Waals surface area contributed by atoms with Gasteiger partial charge in [0, 0.05) is 9.77 Å². The Morgan fingerprint density at radius 2 is 2.00 bits per heavy atom. The number of nitrogens with one attached hydrogen (secondary N) is 1. The molecule has 142 valence electrons. The molecule has 0 saturated carbocycles. The molecule has 2 aromatic rings. The summed E-state index contributed by atoms with van der Waals surface area (Å²) in [4.78, 5) is 38.2. The number of ether oxygens (including phenoxy) is 1. The first-order chi connectivity index (χ1) is 13.0. The number of benzene rings is 1. The van der Waals surface area contributed by atoms with Gasteiger partial charge in [-0.05, 0) is 43.9 Å². The van der Waals surface area contributed by atoms with Crippen molar-refractivity contribution in [2.75, 3.05) is 11.1 Å². The number of amides is 2. The molecular formula is C19H20N2O4S2. The Morgan fingerprint density at radius 1 is 1.26 bits per heavy atom. The highest BCUT2D eigenvalue weighted by atomic mass is 32.2. The van der Waals surface area contributed by atoms with Gasteiger partial charge in [-0.25, -0.2) is 0 Å². The molecule has 3 N–H and O–H groups in total. The van der Waals surface area contributed by atoms with Crippen LogP contribution < -0.4 is 11.1 Å². The Morgan fingerprint density at radius 3 is 2.70 bits per heavy atom. The number of hydrogen-bond donors (Lipinski definition) is 2.